The number of hydrogen-bond acceptors (Lipinski definition) is 3. The van der Waals surface area contributed by atoms with E-state index in [4.69, 9.17) is 0 Å². The van der Waals surface area contributed by atoms with E-state index < -0.39 is 5.60 Å². The van der Waals surface area contributed by atoms with E-state index in [1.54, 1.807) is 30.8 Å². The molecule has 0 saturated heterocycles. The largest absolute Gasteiger partial charge is 0.389 e. The van der Waals surface area contributed by atoms with Crippen molar-refractivity contribution in [2.24, 2.45) is 0 Å². The van der Waals surface area contributed by atoms with Gasteiger partial charge >= 0.3 is 0 Å². The number of rotatable bonds is 4. The molecular weight excluding hydrogens is 237 g/mol. The highest BCUT2D eigenvalue weighted by Crippen LogP contribution is 2.20. The lowest BCUT2D eigenvalue weighted by Crippen LogP contribution is -2.29. The number of nitrogens with zero attached hydrogens (tertiary/aromatic N) is 1. The van der Waals surface area contributed by atoms with Gasteiger partial charge < -0.3 is 5.11 Å². The molecule has 1 heterocycles. The van der Waals surface area contributed by atoms with Crippen LogP contribution in [0.2, 0.25) is 0 Å². The Balaban J connectivity index is 2.03. The minimum Gasteiger partial charge on any atom is -0.389 e. The number of thiazole rings is 1. The van der Waals surface area contributed by atoms with Crippen molar-refractivity contribution in [3.63, 3.8) is 0 Å². The Bertz CT molecular complexity index is 465. The fourth-order valence-corrected chi connectivity index (χ4v) is 2.58. The second-order valence-electron chi connectivity index (χ2n) is 4.44. The normalized spacial score (nSPS) is 14.5. The summed E-state index contributed by atoms with van der Waals surface area (Å²) in [4.78, 5) is 5.04. The molecule has 0 amide bonds. The number of benzene rings is 1. The summed E-state index contributed by atoms with van der Waals surface area (Å²) < 4.78 is 12.8. The molecule has 0 saturated carbocycles. The zero-order chi connectivity index (χ0) is 12.3. The zero-order valence-electron chi connectivity index (χ0n) is 9.56. The molecule has 0 spiro atoms. The van der Waals surface area contributed by atoms with Crippen molar-refractivity contribution in [1.82, 2.24) is 4.98 Å². The zero-order valence-corrected chi connectivity index (χ0v) is 10.4. The van der Waals surface area contributed by atoms with Crippen LogP contribution in [0.4, 0.5) is 4.39 Å². The Morgan fingerprint density at radius 1 is 1.29 bits per heavy atom. The van der Waals surface area contributed by atoms with Crippen molar-refractivity contribution in [2.75, 3.05) is 0 Å². The van der Waals surface area contributed by atoms with Gasteiger partial charge in [0.25, 0.3) is 0 Å². The molecule has 0 bridgehead atoms. The highest BCUT2D eigenvalue weighted by Gasteiger charge is 2.22. The summed E-state index contributed by atoms with van der Waals surface area (Å²) in [6.45, 7) is 1.79. The maximum atomic E-state index is 12.8. The minimum atomic E-state index is -0.829. The van der Waals surface area contributed by atoms with Crippen molar-refractivity contribution in [1.29, 1.82) is 0 Å². The van der Waals surface area contributed by atoms with Crippen LogP contribution in [0.3, 0.4) is 0 Å². The fourth-order valence-electron chi connectivity index (χ4n) is 1.81. The van der Waals surface area contributed by atoms with Gasteiger partial charge in [0.1, 0.15) is 5.82 Å². The number of aliphatic hydroxyl groups is 1. The van der Waals surface area contributed by atoms with Gasteiger partial charge in [-0.3, -0.25) is 4.98 Å². The van der Waals surface area contributed by atoms with Gasteiger partial charge in [0.05, 0.1) is 11.1 Å². The van der Waals surface area contributed by atoms with E-state index >= 15 is 0 Å². The lowest BCUT2D eigenvalue weighted by atomic mass is 9.93. The smallest absolute Gasteiger partial charge is 0.123 e. The van der Waals surface area contributed by atoms with E-state index in [-0.39, 0.29) is 5.82 Å². The van der Waals surface area contributed by atoms with Gasteiger partial charge in [-0.2, -0.15) is 0 Å². The standard InChI is InChI=1S/C13H14FNOS/c1-13(16,7-12-8-15-9-17-12)6-10-2-4-11(14)5-3-10/h2-5,8-9,16H,6-7H2,1H3. The third kappa shape index (κ3) is 3.61. The van der Waals surface area contributed by atoms with E-state index in [2.05, 4.69) is 4.98 Å². The molecule has 1 aromatic carbocycles. The highest BCUT2D eigenvalue weighted by atomic mass is 32.1. The van der Waals surface area contributed by atoms with E-state index in [0.717, 1.165) is 10.4 Å². The van der Waals surface area contributed by atoms with Crippen LogP contribution < -0.4 is 0 Å². The molecular formula is C13H14FNOS. The number of hydrogen-bond donors (Lipinski definition) is 1. The number of halogens is 1. The second-order valence-corrected chi connectivity index (χ2v) is 5.42. The Morgan fingerprint density at radius 2 is 2.00 bits per heavy atom. The Morgan fingerprint density at radius 3 is 2.59 bits per heavy atom. The molecule has 0 aliphatic heterocycles. The topological polar surface area (TPSA) is 33.1 Å². The summed E-state index contributed by atoms with van der Waals surface area (Å²) in [5, 5.41) is 10.3. The van der Waals surface area contributed by atoms with Crippen LogP contribution in [0.5, 0.6) is 0 Å². The third-order valence-corrected chi connectivity index (χ3v) is 3.32. The molecule has 2 rings (SSSR count). The molecule has 0 aliphatic rings. The lowest BCUT2D eigenvalue weighted by molar-refractivity contribution is 0.0616. The fraction of sp³-hybridized carbons (Fsp3) is 0.308. The van der Waals surface area contributed by atoms with Crippen LogP contribution in [0.15, 0.2) is 36.0 Å². The van der Waals surface area contributed by atoms with Crippen molar-refractivity contribution in [3.05, 3.63) is 52.2 Å². The first-order valence-electron chi connectivity index (χ1n) is 5.39. The average molecular weight is 251 g/mol. The molecule has 2 nitrogen and oxygen atoms in total. The molecule has 90 valence electrons. The lowest BCUT2D eigenvalue weighted by Gasteiger charge is -2.22. The van der Waals surface area contributed by atoms with Gasteiger partial charge in [0, 0.05) is 23.9 Å². The van der Waals surface area contributed by atoms with Gasteiger partial charge in [0.15, 0.2) is 0 Å². The molecule has 1 unspecified atom stereocenters. The first-order chi connectivity index (χ1) is 8.05. The minimum absolute atomic E-state index is 0.254. The van der Waals surface area contributed by atoms with Crippen LogP contribution in [0.1, 0.15) is 17.4 Å². The first kappa shape index (κ1) is 12.2. The van der Waals surface area contributed by atoms with Gasteiger partial charge in [-0.05, 0) is 24.6 Å². The Labute approximate surface area is 104 Å². The van der Waals surface area contributed by atoms with Crippen LogP contribution in [0.25, 0.3) is 0 Å². The van der Waals surface area contributed by atoms with Crippen molar-refractivity contribution in [3.8, 4) is 0 Å². The molecule has 17 heavy (non-hydrogen) atoms. The molecule has 4 heteroatoms. The average Bonchev–Trinajstić information content (AvgIpc) is 2.73. The first-order valence-corrected chi connectivity index (χ1v) is 6.27. The van der Waals surface area contributed by atoms with Gasteiger partial charge in [-0.25, -0.2) is 4.39 Å². The summed E-state index contributed by atoms with van der Waals surface area (Å²) in [7, 11) is 0. The van der Waals surface area contributed by atoms with Crippen LogP contribution in [-0.2, 0) is 12.8 Å². The van der Waals surface area contributed by atoms with E-state index in [9.17, 15) is 9.50 Å². The monoisotopic (exact) mass is 251 g/mol. The predicted molar refractivity (Wildman–Crippen MR) is 66.5 cm³/mol. The Hall–Kier alpha value is -1.26. The van der Waals surface area contributed by atoms with Crippen LogP contribution in [-0.4, -0.2) is 15.7 Å². The van der Waals surface area contributed by atoms with Gasteiger partial charge in [-0.1, -0.05) is 12.1 Å². The van der Waals surface area contributed by atoms with Crippen molar-refractivity contribution >= 4 is 11.3 Å². The summed E-state index contributed by atoms with van der Waals surface area (Å²) in [6, 6.07) is 6.24. The summed E-state index contributed by atoms with van der Waals surface area (Å²) in [6.07, 6.45) is 2.84. The van der Waals surface area contributed by atoms with Crippen molar-refractivity contribution < 1.29 is 9.50 Å². The predicted octanol–water partition coefficient (Wildman–Crippen LogP) is 2.82. The number of aromatic nitrogens is 1. The summed E-state index contributed by atoms with van der Waals surface area (Å²) in [5.41, 5.74) is 1.86. The van der Waals surface area contributed by atoms with E-state index in [0.29, 0.717) is 12.8 Å². The van der Waals surface area contributed by atoms with Gasteiger partial charge in [0.2, 0.25) is 0 Å². The van der Waals surface area contributed by atoms with Gasteiger partial charge in [-0.15, -0.1) is 11.3 Å². The van der Waals surface area contributed by atoms with Crippen LogP contribution >= 0.6 is 11.3 Å². The van der Waals surface area contributed by atoms with E-state index in [1.165, 1.54) is 23.5 Å². The maximum Gasteiger partial charge on any atom is 0.123 e. The van der Waals surface area contributed by atoms with E-state index in [1.807, 2.05) is 0 Å². The Kier molecular flexibility index (Phi) is 3.54. The molecule has 1 N–H and O–H groups in total. The second kappa shape index (κ2) is 4.94. The highest BCUT2D eigenvalue weighted by molar-refractivity contribution is 7.09. The SMILES string of the molecule is CC(O)(Cc1ccc(F)cc1)Cc1cncs1. The van der Waals surface area contributed by atoms with Crippen molar-refractivity contribution in [2.45, 2.75) is 25.4 Å². The molecule has 1 aromatic heterocycles. The summed E-state index contributed by atoms with van der Waals surface area (Å²) in [5.74, 6) is -0.254. The molecule has 1 atom stereocenters. The summed E-state index contributed by atoms with van der Waals surface area (Å²) >= 11 is 1.53. The molecule has 2 aromatic rings. The quantitative estimate of drug-likeness (QED) is 0.906. The molecule has 0 fully saturated rings. The molecule has 0 radical (unpaired) electrons. The molecule has 0 aliphatic carbocycles. The third-order valence-electron chi connectivity index (χ3n) is 2.54. The van der Waals surface area contributed by atoms with Crippen LogP contribution in [0, 0.1) is 5.82 Å². The maximum absolute atomic E-state index is 12.8.